The van der Waals surface area contributed by atoms with Crippen molar-refractivity contribution in [3.05, 3.63) is 6.08 Å². The summed E-state index contributed by atoms with van der Waals surface area (Å²) in [6, 6.07) is 0. The van der Waals surface area contributed by atoms with Gasteiger partial charge in [-0.25, -0.2) is 0 Å². The van der Waals surface area contributed by atoms with Crippen molar-refractivity contribution >= 4 is 17.3 Å². The van der Waals surface area contributed by atoms with Gasteiger partial charge in [-0.1, -0.05) is 5.92 Å². The van der Waals surface area contributed by atoms with Crippen LogP contribution in [0.4, 0.5) is 21.7 Å². The zero-order valence-corrected chi connectivity index (χ0v) is 13.9. The molecule has 3 rings (SSSR count). The Hall–Kier alpha value is -1.50. The molecule has 6 N–H and O–H groups in total. The van der Waals surface area contributed by atoms with Gasteiger partial charge in [-0.3, -0.25) is 0 Å². The zero-order chi connectivity index (χ0) is 14.3. The average Bonchev–Trinajstić information content (AvgIpc) is 3.02. The van der Waals surface area contributed by atoms with Crippen molar-refractivity contribution in [2.45, 2.75) is 24.7 Å². The predicted molar refractivity (Wildman–Crippen MR) is 73.7 cm³/mol. The molecule has 1 radical (unpaired) electrons. The molecule has 2 aliphatic rings. The Morgan fingerprint density at radius 3 is 2.91 bits per heavy atom. The van der Waals surface area contributed by atoms with Crippen LogP contribution in [0.3, 0.4) is 0 Å². The Labute approximate surface area is 139 Å². The molecule has 1 fully saturated rings. The fraction of sp³-hybridized carbons (Fsp3) is 0.500. The fourth-order valence-electron chi connectivity index (χ4n) is 2.52. The number of nitrogens with one attached hydrogen (secondary N) is 1. The number of nitrogens with two attached hydrogens (primary N) is 1. The van der Waals surface area contributed by atoms with Crippen molar-refractivity contribution in [1.29, 1.82) is 0 Å². The molecular formula is C12H16FIrN5O3. The summed E-state index contributed by atoms with van der Waals surface area (Å²) in [6.07, 6.45) is 5.27. The number of fused-ring (bicyclic) bond motifs is 1. The first kappa shape index (κ1) is 18.5. The summed E-state index contributed by atoms with van der Waals surface area (Å²) in [5, 5.41) is 12.4. The number of halogens is 1. The molecule has 8 nitrogen and oxygen atoms in total. The Balaban J connectivity index is 0.00000121. The second-order valence-electron chi connectivity index (χ2n) is 4.79. The first-order valence-electron chi connectivity index (χ1n) is 6.18. The van der Waals surface area contributed by atoms with Gasteiger partial charge in [-0.05, 0) is 12.8 Å². The van der Waals surface area contributed by atoms with Crippen LogP contribution in [-0.4, -0.2) is 45.7 Å². The molecular weight excluding hydrogens is 473 g/mol. The number of aliphatic hydroxyl groups is 1. The second-order valence-corrected chi connectivity index (χ2v) is 4.79. The van der Waals surface area contributed by atoms with Gasteiger partial charge in [-0.2, -0.15) is 14.4 Å². The molecule has 123 valence electrons. The molecule has 1 aromatic rings. The molecule has 1 aromatic heterocycles. The molecule has 2 atom stereocenters. The predicted octanol–water partition coefficient (Wildman–Crippen LogP) is -0.939. The Bertz CT molecular complexity index is 599. The van der Waals surface area contributed by atoms with E-state index in [1.54, 1.807) is 4.90 Å². The molecule has 3 heterocycles. The number of hydrogen-bond donors (Lipinski definition) is 3. The van der Waals surface area contributed by atoms with Gasteiger partial charge in [0.05, 0.1) is 13.3 Å². The smallest absolute Gasteiger partial charge is 0.312 e. The molecule has 2 aliphatic heterocycles. The maximum atomic E-state index is 13.3. The van der Waals surface area contributed by atoms with Crippen LogP contribution in [0.5, 0.6) is 0 Å². The Morgan fingerprint density at radius 2 is 2.32 bits per heavy atom. The van der Waals surface area contributed by atoms with Crippen molar-refractivity contribution < 1.29 is 39.8 Å². The minimum absolute atomic E-state index is 0. The van der Waals surface area contributed by atoms with E-state index < -0.39 is 11.7 Å². The van der Waals surface area contributed by atoms with Gasteiger partial charge in [-0.15, -0.1) is 6.42 Å². The molecule has 0 aliphatic carbocycles. The number of anilines is 3. The quantitative estimate of drug-likeness (QED) is 0.361. The van der Waals surface area contributed by atoms with E-state index in [0.29, 0.717) is 31.0 Å². The van der Waals surface area contributed by atoms with Crippen molar-refractivity contribution in [2.24, 2.45) is 0 Å². The van der Waals surface area contributed by atoms with E-state index in [4.69, 9.17) is 16.9 Å². The third-order valence-electron chi connectivity index (χ3n) is 3.61. The van der Waals surface area contributed by atoms with Crippen LogP contribution in [0.25, 0.3) is 0 Å². The van der Waals surface area contributed by atoms with Gasteiger partial charge in [0.25, 0.3) is 0 Å². The maximum absolute atomic E-state index is 13.3. The van der Waals surface area contributed by atoms with Gasteiger partial charge in [0.15, 0.2) is 17.2 Å². The molecule has 2 unspecified atom stereocenters. The maximum Gasteiger partial charge on any atom is 0.312 e. The SMILES string of the molecule is C#CC1(CO)CCC(N2CNc3c(N)nc(F)nc32)O1.O.[Ir]. The van der Waals surface area contributed by atoms with Gasteiger partial charge < -0.3 is 31.3 Å². The van der Waals surface area contributed by atoms with Gasteiger partial charge in [0.2, 0.25) is 0 Å². The number of ether oxygens (including phenoxy) is 1. The number of nitrogen functional groups attached to an aromatic ring is 1. The summed E-state index contributed by atoms with van der Waals surface area (Å²) in [6.45, 7) is 0.114. The summed E-state index contributed by atoms with van der Waals surface area (Å²) >= 11 is 0. The van der Waals surface area contributed by atoms with E-state index in [1.807, 2.05) is 0 Å². The van der Waals surface area contributed by atoms with Crippen molar-refractivity contribution in [1.82, 2.24) is 9.97 Å². The minimum Gasteiger partial charge on any atom is -0.412 e. The third kappa shape index (κ3) is 2.86. The van der Waals surface area contributed by atoms with Crippen LogP contribution in [0, 0.1) is 18.4 Å². The summed E-state index contributed by atoms with van der Waals surface area (Å²) in [4.78, 5) is 8.94. The average molecular weight is 490 g/mol. The largest absolute Gasteiger partial charge is 0.412 e. The molecule has 0 aromatic carbocycles. The molecule has 0 saturated carbocycles. The standard InChI is InChI=1S/C12H14FN5O2.Ir.H2O/c1-2-12(5-19)4-3-7(20-12)18-6-15-8-9(14)16-11(13)17-10(8)18;;/h1,7,15,19H,3-6H2,(H2,14,16,17);;1H2. The molecule has 1 saturated heterocycles. The van der Waals surface area contributed by atoms with E-state index in [-0.39, 0.29) is 44.2 Å². The van der Waals surface area contributed by atoms with Crippen LogP contribution in [-0.2, 0) is 24.8 Å². The van der Waals surface area contributed by atoms with E-state index in [0.717, 1.165) is 0 Å². The molecule has 0 amide bonds. The number of aromatic nitrogens is 2. The number of hydrogen-bond acceptors (Lipinski definition) is 7. The topological polar surface area (TPSA) is 128 Å². The molecule has 0 spiro atoms. The van der Waals surface area contributed by atoms with Gasteiger partial charge in [0.1, 0.15) is 11.9 Å². The monoisotopic (exact) mass is 490 g/mol. The number of aliphatic hydroxyl groups excluding tert-OH is 1. The Kier molecular flexibility index (Phi) is 5.67. The van der Waals surface area contributed by atoms with Crippen LogP contribution >= 0.6 is 0 Å². The van der Waals surface area contributed by atoms with E-state index >= 15 is 0 Å². The minimum atomic E-state index is -0.982. The van der Waals surface area contributed by atoms with Crippen molar-refractivity contribution in [3.63, 3.8) is 0 Å². The summed E-state index contributed by atoms with van der Waals surface area (Å²) in [7, 11) is 0. The second kappa shape index (κ2) is 6.73. The first-order chi connectivity index (χ1) is 9.58. The Morgan fingerprint density at radius 1 is 1.59 bits per heavy atom. The number of rotatable bonds is 2. The summed E-state index contributed by atoms with van der Waals surface area (Å²) in [5.74, 6) is 2.88. The van der Waals surface area contributed by atoms with Gasteiger partial charge in [0, 0.05) is 20.1 Å². The van der Waals surface area contributed by atoms with E-state index in [1.165, 1.54) is 0 Å². The molecule has 10 heteroatoms. The van der Waals surface area contributed by atoms with Crippen molar-refractivity contribution in [3.8, 4) is 12.3 Å². The zero-order valence-electron chi connectivity index (χ0n) is 11.5. The van der Waals surface area contributed by atoms with Crippen molar-refractivity contribution in [2.75, 3.05) is 29.2 Å². The summed E-state index contributed by atoms with van der Waals surface area (Å²) in [5.41, 5.74) is 5.15. The first-order valence-corrected chi connectivity index (χ1v) is 6.18. The number of nitrogens with zero attached hydrogens (tertiary/aromatic N) is 3. The third-order valence-corrected chi connectivity index (χ3v) is 3.61. The fourth-order valence-corrected chi connectivity index (χ4v) is 2.52. The van der Waals surface area contributed by atoms with Crippen LogP contribution in [0.2, 0.25) is 0 Å². The molecule has 22 heavy (non-hydrogen) atoms. The summed E-state index contributed by atoms with van der Waals surface area (Å²) < 4.78 is 19.0. The van der Waals surface area contributed by atoms with E-state index in [9.17, 15) is 9.50 Å². The normalized spacial score (nSPS) is 25.5. The van der Waals surface area contributed by atoms with E-state index in [2.05, 4.69) is 21.2 Å². The van der Waals surface area contributed by atoms with Crippen LogP contribution in [0.15, 0.2) is 0 Å². The van der Waals surface area contributed by atoms with Crippen LogP contribution in [0.1, 0.15) is 12.8 Å². The van der Waals surface area contributed by atoms with Gasteiger partial charge >= 0.3 is 6.08 Å². The molecule has 0 bridgehead atoms. The van der Waals surface area contributed by atoms with Crippen LogP contribution < -0.4 is 16.0 Å². The number of terminal acetylenes is 1.